The molecule has 27 heavy (non-hydrogen) atoms. The molecule has 0 aliphatic carbocycles. The van der Waals surface area contributed by atoms with Gasteiger partial charge in [0.1, 0.15) is 17.2 Å². The van der Waals surface area contributed by atoms with Crippen molar-refractivity contribution < 1.29 is 23.1 Å². The Kier molecular flexibility index (Phi) is 5.20. The standard InChI is InChI=1S/C18H14F2N4O3/c1-11-15(9-22-24(11)16-4-2-3-5-21-16)18(26)27-10-17(25)23-14-7-12(19)6-13(20)8-14/h2-9H,10H2,1H3,(H,23,25). The van der Waals surface area contributed by atoms with E-state index in [2.05, 4.69) is 15.4 Å². The lowest BCUT2D eigenvalue weighted by Crippen LogP contribution is -2.21. The molecular weight excluding hydrogens is 358 g/mol. The Morgan fingerprint density at radius 1 is 1.19 bits per heavy atom. The average molecular weight is 372 g/mol. The highest BCUT2D eigenvalue weighted by Gasteiger charge is 2.18. The Balaban J connectivity index is 1.62. The molecule has 1 N–H and O–H groups in total. The van der Waals surface area contributed by atoms with Crippen LogP contribution in [-0.4, -0.2) is 33.2 Å². The second-order valence-electron chi connectivity index (χ2n) is 5.53. The number of hydrogen-bond acceptors (Lipinski definition) is 5. The van der Waals surface area contributed by atoms with Gasteiger partial charge in [-0.15, -0.1) is 0 Å². The van der Waals surface area contributed by atoms with Crippen molar-refractivity contribution in [3.63, 3.8) is 0 Å². The first-order valence-corrected chi connectivity index (χ1v) is 7.83. The molecule has 3 aromatic rings. The molecule has 3 rings (SSSR count). The number of hydrogen-bond donors (Lipinski definition) is 1. The first-order chi connectivity index (χ1) is 12.9. The van der Waals surface area contributed by atoms with Crippen molar-refractivity contribution in [2.45, 2.75) is 6.92 Å². The molecule has 2 heterocycles. The van der Waals surface area contributed by atoms with Crippen LogP contribution in [0.5, 0.6) is 0 Å². The Bertz CT molecular complexity index is 969. The number of amides is 1. The second kappa shape index (κ2) is 7.73. The van der Waals surface area contributed by atoms with E-state index in [0.717, 1.165) is 12.1 Å². The van der Waals surface area contributed by atoms with Crippen LogP contribution in [0.25, 0.3) is 5.82 Å². The van der Waals surface area contributed by atoms with Crippen molar-refractivity contribution in [2.75, 3.05) is 11.9 Å². The number of esters is 1. The minimum absolute atomic E-state index is 0.0762. The van der Waals surface area contributed by atoms with Gasteiger partial charge in [-0.3, -0.25) is 4.79 Å². The summed E-state index contributed by atoms with van der Waals surface area (Å²) in [5, 5.41) is 6.34. The number of ether oxygens (including phenoxy) is 1. The quantitative estimate of drug-likeness (QED) is 0.696. The normalized spacial score (nSPS) is 10.5. The summed E-state index contributed by atoms with van der Waals surface area (Å²) in [5.74, 6) is -2.63. The van der Waals surface area contributed by atoms with Crippen LogP contribution in [0, 0.1) is 18.6 Å². The summed E-state index contributed by atoms with van der Waals surface area (Å²) in [6.45, 7) is 1.04. The minimum atomic E-state index is -0.833. The van der Waals surface area contributed by atoms with Gasteiger partial charge in [-0.25, -0.2) is 23.2 Å². The number of benzene rings is 1. The molecule has 0 aliphatic rings. The van der Waals surface area contributed by atoms with Crippen molar-refractivity contribution in [3.8, 4) is 5.82 Å². The maximum Gasteiger partial charge on any atom is 0.342 e. The van der Waals surface area contributed by atoms with E-state index in [1.807, 2.05) is 0 Å². The maximum absolute atomic E-state index is 13.1. The average Bonchev–Trinajstić information content (AvgIpc) is 3.01. The van der Waals surface area contributed by atoms with E-state index in [0.29, 0.717) is 17.6 Å². The first-order valence-electron chi connectivity index (χ1n) is 7.83. The van der Waals surface area contributed by atoms with E-state index in [4.69, 9.17) is 4.74 Å². The number of halogens is 2. The fourth-order valence-corrected chi connectivity index (χ4v) is 2.35. The zero-order valence-electron chi connectivity index (χ0n) is 14.1. The molecule has 138 valence electrons. The molecular formula is C18H14F2N4O3. The van der Waals surface area contributed by atoms with Crippen LogP contribution >= 0.6 is 0 Å². The molecule has 7 nitrogen and oxygen atoms in total. The molecule has 2 aromatic heterocycles. The van der Waals surface area contributed by atoms with Gasteiger partial charge in [0.05, 0.1) is 11.9 Å². The van der Waals surface area contributed by atoms with Crippen LogP contribution in [-0.2, 0) is 9.53 Å². The van der Waals surface area contributed by atoms with Gasteiger partial charge in [0.2, 0.25) is 0 Å². The van der Waals surface area contributed by atoms with E-state index in [1.54, 1.807) is 31.3 Å². The van der Waals surface area contributed by atoms with Gasteiger partial charge in [-0.2, -0.15) is 5.10 Å². The highest BCUT2D eigenvalue weighted by molar-refractivity contribution is 5.95. The summed E-state index contributed by atoms with van der Waals surface area (Å²) < 4.78 is 32.6. The highest BCUT2D eigenvalue weighted by atomic mass is 19.1. The van der Waals surface area contributed by atoms with Gasteiger partial charge in [-0.1, -0.05) is 6.07 Å². The van der Waals surface area contributed by atoms with Gasteiger partial charge in [0.15, 0.2) is 12.4 Å². The van der Waals surface area contributed by atoms with E-state index in [1.165, 1.54) is 10.9 Å². The molecule has 0 saturated heterocycles. The molecule has 0 saturated carbocycles. The predicted octanol–water partition coefficient (Wildman–Crippen LogP) is 2.65. The molecule has 0 spiro atoms. The molecule has 0 atom stereocenters. The van der Waals surface area contributed by atoms with Crippen LogP contribution < -0.4 is 5.32 Å². The van der Waals surface area contributed by atoms with Crippen molar-refractivity contribution in [2.24, 2.45) is 0 Å². The number of carbonyl (C=O) groups is 2. The monoisotopic (exact) mass is 372 g/mol. The van der Waals surface area contributed by atoms with Crippen molar-refractivity contribution in [1.29, 1.82) is 0 Å². The van der Waals surface area contributed by atoms with Crippen LogP contribution in [0.3, 0.4) is 0 Å². The lowest BCUT2D eigenvalue weighted by atomic mass is 10.2. The Hall–Kier alpha value is -3.62. The Morgan fingerprint density at radius 3 is 2.59 bits per heavy atom. The fourth-order valence-electron chi connectivity index (χ4n) is 2.35. The topological polar surface area (TPSA) is 86.1 Å². The molecule has 0 fully saturated rings. The maximum atomic E-state index is 13.1. The minimum Gasteiger partial charge on any atom is -0.452 e. The van der Waals surface area contributed by atoms with Gasteiger partial charge in [0, 0.05) is 18.0 Å². The lowest BCUT2D eigenvalue weighted by Gasteiger charge is -2.07. The van der Waals surface area contributed by atoms with E-state index in [9.17, 15) is 18.4 Å². The molecule has 0 bridgehead atoms. The van der Waals surface area contributed by atoms with E-state index >= 15 is 0 Å². The van der Waals surface area contributed by atoms with Crippen molar-refractivity contribution in [1.82, 2.24) is 14.8 Å². The van der Waals surface area contributed by atoms with E-state index in [-0.39, 0.29) is 11.3 Å². The number of pyridine rings is 1. The van der Waals surface area contributed by atoms with Crippen LogP contribution in [0.15, 0.2) is 48.8 Å². The van der Waals surface area contributed by atoms with Crippen LogP contribution in [0.2, 0.25) is 0 Å². The van der Waals surface area contributed by atoms with Gasteiger partial charge in [-0.05, 0) is 31.2 Å². The smallest absolute Gasteiger partial charge is 0.342 e. The lowest BCUT2D eigenvalue weighted by molar-refractivity contribution is -0.119. The Labute approximate surface area is 152 Å². The fraction of sp³-hybridized carbons (Fsp3) is 0.111. The summed E-state index contributed by atoms with van der Waals surface area (Å²) in [6, 6.07) is 7.83. The van der Waals surface area contributed by atoms with Crippen molar-refractivity contribution >= 4 is 17.6 Å². The van der Waals surface area contributed by atoms with Crippen LogP contribution in [0.1, 0.15) is 16.1 Å². The molecule has 1 amide bonds. The largest absolute Gasteiger partial charge is 0.452 e. The number of nitrogens with one attached hydrogen (secondary N) is 1. The van der Waals surface area contributed by atoms with Crippen LogP contribution in [0.4, 0.5) is 14.5 Å². The third-order valence-electron chi connectivity index (χ3n) is 3.58. The van der Waals surface area contributed by atoms with Gasteiger partial charge < -0.3 is 10.1 Å². The zero-order chi connectivity index (χ0) is 19.4. The van der Waals surface area contributed by atoms with Crippen molar-refractivity contribution in [3.05, 3.63) is 71.7 Å². The number of anilines is 1. The molecule has 0 aliphatic heterocycles. The SMILES string of the molecule is Cc1c(C(=O)OCC(=O)Nc2cc(F)cc(F)c2)cnn1-c1ccccn1. The third kappa shape index (κ3) is 4.32. The number of rotatable bonds is 5. The molecule has 0 unspecified atom stereocenters. The van der Waals surface area contributed by atoms with E-state index < -0.39 is 30.1 Å². The third-order valence-corrected chi connectivity index (χ3v) is 3.58. The summed E-state index contributed by atoms with van der Waals surface area (Å²) in [7, 11) is 0. The summed E-state index contributed by atoms with van der Waals surface area (Å²) >= 11 is 0. The Morgan fingerprint density at radius 2 is 1.93 bits per heavy atom. The second-order valence-corrected chi connectivity index (χ2v) is 5.53. The first kappa shape index (κ1) is 18.2. The van der Waals surface area contributed by atoms with Gasteiger partial charge in [0.25, 0.3) is 5.91 Å². The number of aromatic nitrogens is 3. The van der Waals surface area contributed by atoms with Gasteiger partial charge >= 0.3 is 5.97 Å². The number of nitrogens with zero attached hydrogens (tertiary/aromatic N) is 3. The predicted molar refractivity (Wildman–Crippen MR) is 91.4 cm³/mol. The zero-order valence-corrected chi connectivity index (χ0v) is 14.1. The summed E-state index contributed by atoms with van der Waals surface area (Å²) in [4.78, 5) is 28.1. The molecule has 1 aromatic carbocycles. The molecule has 0 radical (unpaired) electrons. The summed E-state index contributed by atoms with van der Waals surface area (Å²) in [6.07, 6.45) is 2.90. The summed E-state index contributed by atoms with van der Waals surface area (Å²) in [5.41, 5.74) is 0.587. The number of carbonyl (C=O) groups excluding carboxylic acids is 2. The molecule has 9 heteroatoms. The highest BCUT2D eigenvalue weighted by Crippen LogP contribution is 2.14.